The Morgan fingerprint density at radius 1 is 1.18 bits per heavy atom. The van der Waals surface area contributed by atoms with Crippen molar-refractivity contribution in [3.63, 3.8) is 0 Å². The first-order chi connectivity index (χ1) is 13.4. The molecule has 0 N–H and O–H groups in total. The van der Waals surface area contributed by atoms with Gasteiger partial charge in [0.2, 0.25) is 0 Å². The van der Waals surface area contributed by atoms with Crippen LogP contribution in [-0.2, 0) is 21.1 Å². The van der Waals surface area contributed by atoms with Crippen LogP contribution in [0.2, 0.25) is 5.02 Å². The number of aliphatic imine (C=N–C) groups is 1. The van der Waals surface area contributed by atoms with Crippen molar-refractivity contribution >= 4 is 44.3 Å². The molecule has 2 heterocycles. The molecule has 1 aromatic rings. The first-order valence-electron chi connectivity index (χ1n) is 9.90. The fraction of sp³-hybridized carbons (Fsp3) is 0.600. The number of hydrogen-bond acceptors (Lipinski definition) is 4. The van der Waals surface area contributed by atoms with Crippen LogP contribution in [0.5, 0.6) is 0 Å². The molecule has 0 aromatic heterocycles. The Kier molecular flexibility index (Phi) is 4.75. The van der Waals surface area contributed by atoms with Gasteiger partial charge in [0.25, 0.3) is 5.91 Å². The van der Waals surface area contributed by atoms with Crippen molar-refractivity contribution in [2.24, 2.45) is 16.8 Å². The van der Waals surface area contributed by atoms with E-state index in [1.54, 1.807) is 6.07 Å². The first-order valence-corrected chi connectivity index (χ1v) is 13.0. The fourth-order valence-electron chi connectivity index (χ4n) is 5.48. The first kappa shape index (κ1) is 18.9. The smallest absolute Gasteiger partial charge is 0.252 e. The van der Waals surface area contributed by atoms with Gasteiger partial charge < -0.3 is 4.90 Å². The second-order valence-electron chi connectivity index (χ2n) is 8.51. The van der Waals surface area contributed by atoms with Gasteiger partial charge in [0.05, 0.1) is 24.0 Å². The molecule has 150 valence electrons. The molecule has 1 aromatic carbocycles. The molecule has 0 spiro atoms. The zero-order chi connectivity index (χ0) is 19.5. The maximum absolute atomic E-state index is 12.7. The largest absolute Gasteiger partial charge is 0.343 e. The third kappa shape index (κ3) is 3.39. The van der Waals surface area contributed by atoms with Crippen LogP contribution in [0.4, 0.5) is 0 Å². The minimum Gasteiger partial charge on any atom is -0.343 e. The normalized spacial score (nSPS) is 37.0. The van der Waals surface area contributed by atoms with Crippen LogP contribution in [0.3, 0.4) is 0 Å². The molecule has 5 atom stereocenters. The molecule has 0 radical (unpaired) electrons. The Morgan fingerprint density at radius 3 is 2.71 bits per heavy atom. The highest BCUT2D eigenvalue weighted by molar-refractivity contribution is 8.15. The molecule has 2 aliphatic heterocycles. The van der Waals surface area contributed by atoms with Crippen LogP contribution >= 0.6 is 23.4 Å². The summed E-state index contributed by atoms with van der Waals surface area (Å²) < 4.78 is 24.4. The van der Waals surface area contributed by atoms with E-state index in [1.165, 1.54) is 31.0 Å². The van der Waals surface area contributed by atoms with Crippen LogP contribution in [0.1, 0.15) is 31.2 Å². The van der Waals surface area contributed by atoms with Gasteiger partial charge in [-0.2, -0.15) is 4.99 Å². The van der Waals surface area contributed by atoms with Gasteiger partial charge in [0.1, 0.15) is 0 Å². The number of fused-ring (bicyclic) bond motifs is 3. The number of thioether (sulfide) groups is 1. The molecular weight excluding hydrogens is 416 g/mol. The number of amides is 1. The standard InChI is InChI=1S/C20H23ClN2O3S2/c21-15-4-2-1-3-13(15)9-19(24)22-20-23(16-8-12-5-6-14(16)7-12)17-10-28(25,26)11-18(17)27-20/h1-4,12,14,16-18H,5-11H2/t12-,14-,16-,17+,18+/m1/s1. The lowest BCUT2D eigenvalue weighted by atomic mass is 9.93. The fourth-order valence-corrected chi connectivity index (χ4v) is 9.67. The van der Waals surface area contributed by atoms with Gasteiger partial charge in [-0.25, -0.2) is 8.42 Å². The molecule has 4 aliphatic rings. The highest BCUT2D eigenvalue weighted by atomic mass is 35.5. The second kappa shape index (κ2) is 7.03. The average molecular weight is 439 g/mol. The van der Waals surface area contributed by atoms with Gasteiger partial charge >= 0.3 is 0 Å². The van der Waals surface area contributed by atoms with E-state index in [9.17, 15) is 13.2 Å². The van der Waals surface area contributed by atoms with E-state index in [-0.39, 0.29) is 35.1 Å². The van der Waals surface area contributed by atoms with E-state index < -0.39 is 9.84 Å². The number of amidine groups is 1. The molecule has 2 bridgehead atoms. The topological polar surface area (TPSA) is 66.8 Å². The number of carbonyl (C=O) groups is 1. The molecule has 2 saturated heterocycles. The number of carbonyl (C=O) groups excluding carboxylic acids is 1. The number of halogens is 1. The molecule has 28 heavy (non-hydrogen) atoms. The monoisotopic (exact) mass is 438 g/mol. The Hall–Kier alpha value is -1.05. The number of hydrogen-bond donors (Lipinski definition) is 0. The van der Waals surface area contributed by atoms with Crippen LogP contribution in [0.25, 0.3) is 0 Å². The van der Waals surface area contributed by atoms with Crippen LogP contribution in [-0.4, -0.2) is 53.2 Å². The van der Waals surface area contributed by atoms with Crippen LogP contribution in [0, 0.1) is 11.8 Å². The SMILES string of the molecule is O=C(Cc1ccccc1Cl)N=C1S[C@H]2CS(=O)(=O)C[C@@H]2N1[C@@H]1C[C@@H]2CC[C@@H]1C2. The highest BCUT2D eigenvalue weighted by Crippen LogP contribution is 2.51. The molecule has 1 amide bonds. The van der Waals surface area contributed by atoms with E-state index >= 15 is 0 Å². The van der Waals surface area contributed by atoms with E-state index in [0.29, 0.717) is 17.0 Å². The molecule has 2 saturated carbocycles. The summed E-state index contributed by atoms with van der Waals surface area (Å²) in [6.45, 7) is 0. The van der Waals surface area contributed by atoms with Crippen LogP contribution in [0.15, 0.2) is 29.3 Å². The third-order valence-electron chi connectivity index (χ3n) is 6.68. The molecule has 5 rings (SSSR count). The number of rotatable bonds is 3. The minimum atomic E-state index is -3.01. The molecule has 5 nitrogen and oxygen atoms in total. The van der Waals surface area contributed by atoms with Crippen molar-refractivity contribution in [2.75, 3.05) is 11.5 Å². The third-order valence-corrected chi connectivity index (χ3v) is 10.3. The second-order valence-corrected chi connectivity index (χ2v) is 12.3. The number of nitrogens with zero attached hydrogens (tertiary/aromatic N) is 2. The van der Waals surface area contributed by atoms with E-state index in [1.807, 2.05) is 18.2 Å². The summed E-state index contributed by atoms with van der Waals surface area (Å²) in [5.74, 6) is 1.52. The zero-order valence-electron chi connectivity index (χ0n) is 15.5. The van der Waals surface area contributed by atoms with E-state index in [2.05, 4.69) is 9.89 Å². The quantitative estimate of drug-likeness (QED) is 0.725. The summed E-state index contributed by atoms with van der Waals surface area (Å²) >= 11 is 7.68. The van der Waals surface area contributed by atoms with Crippen molar-refractivity contribution in [2.45, 2.75) is 49.4 Å². The number of benzene rings is 1. The van der Waals surface area contributed by atoms with Crippen molar-refractivity contribution in [3.05, 3.63) is 34.9 Å². The van der Waals surface area contributed by atoms with Crippen molar-refractivity contribution in [1.82, 2.24) is 4.90 Å². The number of sulfone groups is 1. The molecule has 8 heteroatoms. The maximum atomic E-state index is 12.7. The van der Waals surface area contributed by atoms with Gasteiger partial charge in [0, 0.05) is 16.3 Å². The minimum absolute atomic E-state index is 0.00371. The Morgan fingerprint density at radius 2 is 2.00 bits per heavy atom. The van der Waals surface area contributed by atoms with Gasteiger partial charge in [-0.15, -0.1) is 0 Å². The molecule has 0 unspecified atom stereocenters. The van der Waals surface area contributed by atoms with Crippen molar-refractivity contribution in [1.29, 1.82) is 0 Å². The predicted molar refractivity (Wildman–Crippen MR) is 112 cm³/mol. The summed E-state index contributed by atoms with van der Waals surface area (Å²) in [6.07, 6.45) is 5.00. The molecule has 4 fully saturated rings. The lowest BCUT2D eigenvalue weighted by Crippen LogP contribution is -2.47. The molecule has 2 aliphatic carbocycles. The van der Waals surface area contributed by atoms with E-state index in [0.717, 1.165) is 23.1 Å². The zero-order valence-corrected chi connectivity index (χ0v) is 17.8. The average Bonchev–Trinajstić information content (AvgIpc) is 3.36. The van der Waals surface area contributed by atoms with E-state index in [4.69, 9.17) is 11.6 Å². The van der Waals surface area contributed by atoms with Crippen molar-refractivity contribution in [3.8, 4) is 0 Å². The van der Waals surface area contributed by atoms with Gasteiger partial charge in [-0.05, 0) is 42.7 Å². The summed E-state index contributed by atoms with van der Waals surface area (Å²) in [7, 11) is -3.01. The summed E-state index contributed by atoms with van der Waals surface area (Å²) in [6, 6.07) is 7.62. The van der Waals surface area contributed by atoms with Crippen LogP contribution < -0.4 is 0 Å². The Bertz CT molecular complexity index is 949. The molecular formula is C20H23ClN2O3S2. The Balaban J connectivity index is 1.42. The van der Waals surface area contributed by atoms with Crippen molar-refractivity contribution < 1.29 is 13.2 Å². The lowest BCUT2D eigenvalue weighted by Gasteiger charge is -2.36. The highest BCUT2D eigenvalue weighted by Gasteiger charge is 2.54. The lowest BCUT2D eigenvalue weighted by molar-refractivity contribution is -0.117. The summed E-state index contributed by atoms with van der Waals surface area (Å²) in [5, 5.41) is 1.30. The summed E-state index contributed by atoms with van der Waals surface area (Å²) in [5.41, 5.74) is 0.774. The Labute approximate surface area is 174 Å². The van der Waals surface area contributed by atoms with Gasteiger partial charge in [0.15, 0.2) is 15.0 Å². The summed E-state index contributed by atoms with van der Waals surface area (Å²) in [4.78, 5) is 19.4. The predicted octanol–water partition coefficient (Wildman–Crippen LogP) is 3.17. The maximum Gasteiger partial charge on any atom is 0.252 e. The van der Waals surface area contributed by atoms with Gasteiger partial charge in [-0.3, -0.25) is 4.79 Å². The van der Waals surface area contributed by atoms with Gasteiger partial charge in [-0.1, -0.05) is 48.0 Å².